The topological polar surface area (TPSA) is 29.5 Å². The molecule has 2 fully saturated rings. The lowest BCUT2D eigenvalue weighted by molar-refractivity contribution is 0.00872. The zero-order valence-corrected chi connectivity index (χ0v) is 12.9. The Kier molecular flexibility index (Phi) is 3.23. The van der Waals surface area contributed by atoms with Crippen LogP contribution in [0.25, 0.3) is 10.1 Å². The van der Waals surface area contributed by atoms with Crippen molar-refractivity contribution in [3.05, 3.63) is 35.2 Å². The van der Waals surface area contributed by atoms with E-state index in [9.17, 15) is 4.79 Å². The number of hydrogen-bond acceptors (Lipinski definition) is 3. The fraction of sp³-hybridized carbons (Fsp3) is 0.471. The number of benzene rings is 1. The summed E-state index contributed by atoms with van der Waals surface area (Å²) in [6.45, 7) is 3.80. The number of carbonyl (C=O) groups is 1. The van der Waals surface area contributed by atoms with Crippen LogP contribution in [0.4, 0.5) is 0 Å². The Morgan fingerprint density at radius 2 is 2.24 bits per heavy atom. The zero-order valence-electron chi connectivity index (χ0n) is 12.1. The number of hydrogen-bond donors (Lipinski definition) is 0. The molecule has 0 saturated carbocycles. The first-order valence-corrected chi connectivity index (χ1v) is 8.51. The van der Waals surface area contributed by atoms with Crippen LogP contribution in [0, 0.1) is 5.92 Å². The molecule has 4 rings (SSSR count). The van der Waals surface area contributed by atoms with Crippen LogP contribution < -0.4 is 0 Å². The first-order chi connectivity index (χ1) is 10.2. The van der Waals surface area contributed by atoms with Gasteiger partial charge in [0.2, 0.25) is 0 Å². The highest BCUT2D eigenvalue weighted by Gasteiger charge is 2.38. The molecule has 3 heterocycles. The van der Waals surface area contributed by atoms with E-state index < -0.39 is 0 Å². The maximum atomic E-state index is 12.8. The number of likely N-dealkylation sites (tertiary alicyclic amines) is 1. The van der Waals surface area contributed by atoms with Gasteiger partial charge in [-0.1, -0.05) is 18.2 Å². The summed E-state index contributed by atoms with van der Waals surface area (Å²) in [5.74, 6) is 0.702. The van der Waals surface area contributed by atoms with E-state index in [1.54, 1.807) is 11.3 Å². The molecule has 0 unspecified atom stereocenters. The molecular formula is C17H19NO2S. The van der Waals surface area contributed by atoms with Gasteiger partial charge in [0, 0.05) is 34.5 Å². The first kappa shape index (κ1) is 13.3. The molecule has 4 heteroatoms. The molecule has 3 nitrogen and oxygen atoms in total. The average Bonchev–Trinajstić information content (AvgIpc) is 3.07. The van der Waals surface area contributed by atoms with Gasteiger partial charge in [-0.2, -0.15) is 0 Å². The normalized spacial score (nSPS) is 28.8. The first-order valence-electron chi connectivity index (χ1n) is 7.63. The molecule has 0 aliphatic carbocycles. The van der Waals surface area contributed by atoms with Crippen molar-refractivity contribution < 1.29 is 9.53 Å². The highest BCUT2D eigenvalue weighted by Crippen LogP contribution is 2.34. The van der Waals surface area contributed by atoms with Crippen molar-refractivity contribution in [2.75, 3.05) is 13.1 Å². The predicted octanol–water partition coefficient (Wildman–Crippen LogP) is 3.54. The Labute approximate surface area is 128 Å². The maximum absolute atomic E-state index is 12.8. The average molecular weight is 301 g/mol. The van der Waals surface area contributed by atoms with Crippen LogP contribution in [0.2, 0.25) is 0 Å². The van der Waals surface area contributed by atoms with E-state index in [1.807, 2.05) is 28.5 Å². The van der Waals surface area contributed by atoms with Crippen molar-refractivity contribution >= 4 is 27.3 Å². The SMILES string of the molecule is C[C@@H]1C[C@@H]2CN(C(=O)c3csc4ccccc34)CC[C@@H]2O1. The van der Waals surface area contributed by atoms with Crippen molar-refractivity contribution in [1.82, 2.24) is 4.90 Å². The molecule has 2 saturated heterocycles. The Hall–Kier alpha value is -1.39. The summed E-state index contributed by atoms with van der Waals surface area (Å²) in [5, 5.41) is 3.10. The van der Waals surface area contributed by atoms with Crippen LogP contribution in [0.1, 0.15) is 30.1 Å². The molecule has 0 radical (unpaired) electrons. The third-order valence-electron chi connectivity index (χ3n) is 4.70. The Morgan fingerprint density at radius 3 is 3.14 bits per heavy atom. The summed E-state index contributed by atoms with van der Waals surface area (Å²) < 4.78 is 7.11. The van der Waals surface area contributed by atoms with Crippen LogP contribution in [0.3, 0.4) is 0 Å². The summed E-state index contributed by atoms with van der Waals surface area (Å²) in [6, 6.07) is 8.16. The van der Waals surface area contributed by atoms with Gasteiger partial charge in [-0.15, -0.1) is 11.3 Å². The number of piperidine rings is 1. The maximum Gasteiger partial charge on any atom is 0.255 e. The van der Waals surface area contributed by atoms with Gasteiger partial charge >= 0.3 is 0 Å². The van der Waals surface area contributed by atoms with E-state index in [0.717, 1.165) is 36.9 Å². The summed E-state index contributed by atoms with van der Waals surface area (Å²) in [4.78, 5) is 14.9. The van der Waals surface area contributed by atoms with Crippen molar-refractivity contribution in [3.8, 4) is 0 Å². The number of amides is 1. The van der Waals surface area contributed by atoms with Crippen LogP contribution in [0.15, 0.2) is 29.6 Å². The number of rotatable bonds is 1. The number of ether oxygens (including phenoxy) is 1. The van der Waals surface area contributed by atoms with Crippen molar-refractivity contribution in [2.45, 2.75) is 32.0 Å². The molecule has 2 aliphatic rings. The van der Waals surface area contributed by atoms with Gasteiger partial charge in [0.1, 0.15) is 0 Å². The number of carbonyl (C=O) groups excluding carboxylic acids is 1. The van der Waals surface area contributed by atoms with Gasteiger partial charge in [0.05, 0.1) is 17.8 Å². The van der Waals surface area contributed by atoms with E-state index in [1.165, 1.54) is 4.70 Å². The molecule has 1 amide bonds. The molecule has 110 valence electrons. The monoisotopic (exact) mass is 301 g/mol. The number of fused-ring (bicyclic) bond motifs is 2. The smallest absolute Gasteiger partial charge is 0.255 e. The Balaban J connectivity index is 1.58. The molecule has 0 N–H and O–H groups in total. The second kappa shape index (κ2) is 5.11. The van der Waals surface area contributed by atoms with Gasteiger partial charge in [0.25, 0.3) is 5.91 Å². The van der Waals surface area contributed by atoms with Gasteiger partial charge in [-0.3, -0.25) is 4.79 Å². The van der Waals surface area contributed by atoms with E-state index in [4.69, 9.17) is 4.74 Å². The minimum Gasteiger partial charge on any atom is -0.375 e. The number of thiophene rings is 1. The zero-order chi connectivity index (χ0) is 14.4. The molecule has 1 aromatic carbocycles. The van der Waals surface area contributed by atoms with Crippen LogP contribution in [-0.4, -0.2) is 36.1 Å². The molecule has 21 heavy (non-hydrogen) atoms. The van der Waals surface area contributed by atoms with Crippen molar-refractivity contribution in [1.29, 1.82) is 0 Å². The third kappa shape index (κ3) is 2.27. The summed E-state index contributed by atoms with van der Waals surface area (Å²) in [6.07, 6.45) is 2.77. The van der Waals surface area contributed by atoms with Gasteiger partial charge < -0.3 is 9.64 Å². The lowest BCUT2D eigenvalue weighted by atomic mass is 9.92. The quantitative estimate of drug-likeness (QED) is 0.806. The van der Waals surface area contributed by atoms with E-state index in [2.05, 4.69) is 13.0 Å². The summed E-state index contributed by atoms with van der Waals surface area (Å²) in [5.41, 5.74) is 0.862. The molecule has 0 spiro atoms. The molecule has 2 aromatic rings. The molecule has 3 atom stereocenters. The Morgan fingerprint density at radius 1 is 1.38 bits per heavy atom. The highest BCUT2D eigenvalue weighted by molar-refractivity contribution is 7.17. The largest absolute Gasteiger partial charge is 0.375 e. The molecule has 1 aromatic heterocycles. The Bertz CT molecular complexity index is 680. The third-order valence-corrected chi connectivity index (χ3v) is 5.67. The minimum atomic E-state index is 0.186. The molecular weight excluding hydrogens is 282 g/mol. The van der Waals surface area contributed by atoms with E-state index >= 15 is 0 Å². The summed E-state index contributed by atoms with van der Waals surface area (Å²) in [7, 11) is 0. The number of nitrogens with zero attached hydrogens (tertiary/aromatic N) is 1. The lowest BCUT2D eigenvalue weighted by Gasteiger charge is -2.34. The van der Waals surface area contributed by atoms with Gasteiger partial charge in [0.15, 0.2) is 0 Å². The summed E-state index contributed by atoms with van der Waals surface area (Å²) >= 11 is 1.65. The second-order valence-electron chi connectivity index (χ2n) is 6.17. The molecule has 0 bridgehead atoms. The van der Waals surface area contributed by atoms with Gasteiger partial charge in [-0.25, -0.2) is 0 Å². The predicted molar refractivity (Wildman–Crippen MR) is 84.8 cm³/mol. The molecule has 2 aliphatic heterocycles. The van der Waals surface area contributed by atoms with Crippen LogP contribution in [0.5, 0.6) is 0 Å². The van der Waals surface area contributed by atoms with Crippen LogP contribution in [-0.2, 0) is 4.74 Å². The van der Waals surface area contributed by atoms with E-state index in [0.29, 0.717) is 18.1 Å². The second-order valence-corrected chi connectivity index (χ2v) is 7.08. The van der Waals surface area contributed by atoms with Crippen LogP contribution >= 0.6 is 11.3 Å². The fourth-order valence-electron chi connectivity index (χ4n) is 3.69. The lowest BCUT2D eigenvalue weighted by Crippen LogP contribution is -2.44. The highest BCUT2D eigenvalue weighted by atomic mass is 32.1. The standard InChI is InChI=1S/C17H19NO2S/c1-11-8-12-9-18(7-6-15(12)20-11)17(19)14-10-21-16-5-3-2-4-13(14)16/h2-5,10-12,15H,6-9H2,1H3/t11-,12-,15+/m1/s1. The van der Waals surface area contributed by atoms with Gasteiger partial charge in [-0.05, 0) is 25.8 Å². The van der Waals surface area contributed by atoms with Crippen molar-refractivity contribution in [2.24, 2.45) is 5.92 Å². The minimum absolute atomic E-state index is 0.186. The van der Waals surface area contributed by atoms with Crippen molar-refractivity contribution in [3.63, 3.8) is 0 Å². The van der Waals surface area contributed by atoms with E-state index in [-0.39, 0.29) is 5.91 Å². The fourth-order valence-corrected chi connectivity index (χ4v) is 4.63.